The van der Waals surface area contributed by atoms with Crippen molar-refractivity contribution in [1.82, 2.24) is 5.43 Å². The van der Waals surface area contributed by atoms with E-state index in [1.54, 1.807) is 6.08 Å². The Morgan fingerprint density at radius 1 is 1.80 bits per heavy atom. The molecule has 4 heteroatoms. The number of nitrogens with one attached hydrogen (secondary N) is 1. The number of allylic oxidation sites excluding steroid dienone is 1. The average Bonchev–Trinajstić information content (AvgIpc) is 1.98. The molecule has 1 unspecified atom stereocenters. The molecule has 0 fully saturated rings. The van der Waals surface area contributed by atoms with Crippen molar-refractivity contribution in [2.75, 3.05) is 0 Å². The van der Waals surface area contributed by atoms with Crippen LogP contribution in [-0.2, 0) is 4.79 Å². The highest BCUT2D eigenvalue weighted by molar-refractivity contribution is 5.80. The Balaban J connectivity index is 3.50. The number of carbonyl (C=O) groups is 1. The van der Waals surface area contributed by atoms with Crippen molar-refractivity contribution < 1.29 is 4.79 Å². The summed E-state index contributed by atoms with van der Waals surface area (Å²) in [5.41, 5.74) is 7.35. The largest absolute Gasteiger partial charge is 0.320 e. The molecule has 0 saturated carbocycles. The van der Waals surface area contributed by atoms with Gasteiger partial charge < -0.3 is 5.73 Å². The third-order valence-electron chi connectivity index (χ3n) is 1.16. The van der Waals surface area contributed by atoms with Gasteiger partial charge in [0.15, 0.2) is 0 Å². The summed E-state index contributed by atoms with van der Waals surface area (Å²) in [5, 5.41) is 0. The lowest BCUT2D eigenvalue weighted by Crippen LogP contribution is -2.43. The standard InChI is InChI=1S/C6H13N3O/c1-2-3-4-5(7)6(10)9-8/h2,5H,1,3-4,7-8H2,(H,9,10). The second kappa shape index (κ2) is 4.96. The molecular weight excluding hydrogens is 130 g/mol. The van der Waals surface area contributed by atoms with E-state index in [0.717, 1.165) is 6.42 Å². The highest BCUT2D eigenvalue weighted by Crippen LogP contribution is 1.93. The van der Waals surface area contributed by atoms with Gasteiger partial charge in [0.2, 0.25) is 0 Å². The quantitative estimate of drug-likeness (QED) is 0.210. The fourth-order valence-corrected chi connectivity index (χ4v) is 0.536. The summed E-state index contributed by atoms with van der Waals surface area (Å²) in [5.74, 6) is 4.51. The van der Waals surface area contributed by atoms with Gasteiger partial charge in [0, 0.05) is 0 Å². The van der Waals surface area contributed by atoms with Crippen LogP contribution in [0.4, 0.5) is 0 Å². The fraction of sp³-hybridized carbons (Fsp3) is 0.500. The van der Waals surface area contributed by atoms with Crippen molar-refractivity contribution in [3.05, 3.63) is 12.7 Å². The van der Waals surface area contributed by atoms with E-state index in [2.05, 4.69) is 6.58 Å². The maximum absolute atomic E-state index is 10.6. The second-order valence-corrected chi connectivity index (χ2v) is 1.98. The Bertz CT molecular complexity index is 124. The zero-order valence-electron chi connectivity index (χ0n) is 5.84. The van der Waals surface area contributed by atoms with Crippen molar-refractivity contribution in [1.29, 1.82) is 0 Å². The molecular formula is C6H13N3O. The van der Waals surface area contributed by atoms with E-state index in [-0.39, 0.29) is 5.91 Å². The minimum atomic E-state index is -0.511. The lowest BCUT2D eigenvalue weighted by atomic mass is 10.1. The van der Waals surface area contributed by atoms with E-state index in [1.165, 1.54) is 0 Å². The summed E-state index contributed by atoms with van der Waals surface area (Å²) in [6.45, 7) is 3.50. The molecule has 0 bridgehead atoms. The van der Waals surface area contributed by atoms with Crippen molar-refractivity contribution in [2.24, 2.45) is 11.6 Å². The summed E-state index contributed by atoms with van der Waals surface area (Å²) in [6.07, 6.45) is 3.03. The van der Waals surface area contributed by atoms with Gasteiger partial charge in [-0.05, 0) is 12.8 Å². The van der Waals surface area contributed by atoms with E-state index in [0.29, 0.717) is 6.42 Å². The molecule has 0 saturated heterocycles. The molecule has 0 aromatic rings. The molecule has 0 aliphatic rings. The van der Waals surface area contributed by atoms with E-state index in [9.17, 15) is 4.79 Å². The van der Waals surface area contributed by atoms with Crippen LogP contribution in [0.15, 0.2) is 12.7 Å². The molecule has 5 N–H and O–H groups in total. The zero-order chi connectivity index (χ0) is 7.98. The van der Waals surface area contributed by atoms with E-state index in [1.807, 2.05) is 5.43 Å². The Morgan fingerprint density at radius 2 is 2.40 bits per heavy atom. The van der Waals surface area contributed by atoms with Gasteiger partial charge in [-0.3, -0.25) is 10.2 Å². The highest BCUT2D eigenvalue weighted by atomic mass is 16.2. The average molecular weight is 143 g/mol. The minimum Gasteiger partial charge on any atom is -0.320 e. The Morgan fingerprint density at radius 3 is 2.80 bits per heavy atom. The predicted octanol–water partition coefficient (Wildman–Crippen LogP) is -0.730. The van der Waals surface area contributed by atoms with Crippen molar-refractivity contribution >= 4 is 5.91 Å². The molecule has 0 aromatic carbocycles. The number of amides is 1. The molecule has 4 nitrogen and oxygen atoms in total. The van der Waals surface area contributed by atoms with Crippen LogP contribution in [0, 0.1) is 0 Å². The number of rotatable bonds is 4. The number of nitrogens with two attached hydrogens (primary N) is 2. The summed E-state index contributed by atoms with van der Waals surface area (Å²) in [6, 6.07) is -0.511. The van der Waals surface area contributed by atoms with Crippen LogP contribution in [0.2, 0.25) is 0 Å². The van der Waals surface area contributed by atoms with Crippen LogP contribution in [0.3, 0.4) is 0 Å². The summed E-state index contributed by atoms with van der Waals surface area (Å²) in [4.78, 5) is 10.6. The maximum Gasteiger partial charge on any atom is 0.250 e. The lowest BCUT2D eigenvalue weighted by molar-refractivity contribution is -0.122. The van der Waals surface area contributed by atoms with Crippen LogP contribution in [0.1, 0.15) is 12.8 Å². The SMILES string of the molecule is C=CCCC(N)C(=O)NN. The van der Waals surface area contributed by atoms with Crippen LogP contribution < -0.4 is 17.0 Å². The van der Waals surface area contributed by atoms with Crippen LogP contribution in [0.25, 0.3) is 0 Å². The summed E-state index contributed by atoms with van der Waals surface area (Å²) >= 11 is 0. The first-order valence-electron chi connectivity index (χ1n) is 3.09. The topological polar surface area (TPSA) is 81.1 Å². The van der Waals surface area contributed by atoms with Crippen LogP contribution >= 0.6 is 0 Å². The molecule has 0 aliphatic carbocycles. The zero-order valence-corrected chi connectivity index (χ0v) is 5.84. The van der Waals surface area contributed by atoms with Gasteiger partial charge in [-0.2, -0.15) is 0 Å². The highest BCUT2D eigenvalue weighted by Gasteiger charge is 2.09. The summed E-state index contributed by atoms with van der Waals surface area (Å²) in [7, 11) is 0. The maximum atomic E-state index is 10.6. The number of hydrogen-bond acceptors (Lipinski definition) is 3. The lowest BCUT2D eigenvalue weighted by Gasteiger charge is -2.06. The van der Waals surface area contributed by atoms with Crippen LogP contribution in [-0.4, -0.2) is 11.9 Å². The fourth-order valence-electron chi connectivity index (χ4n) is 0.536. The summed E-state index contributed by atoms with van der Waals surface area (Å²) < 4.78 is 0. The molecule has 0 aromatic heterocycles. The first kappa shape index (κ1) is 9.13. The Hall–Kier alpha value is -0.870. The Kier molecular flexibility index (Phi) is 4.53. The normalized spacial score (nSPS) is 12.2. The molecule has 0 heterocycles. The molecule has 0 aliphatic heterocycles. The first-order chi connectivity index (χ1) is 4.72. The van der Waals surface area contributed by atoms with Crippen LogP contribution in [0.5, 0.6) is 0 Å². The minimum absolute atomic E-state index is 0.332. The van der Waals surface area contributed by atoms with Gasteiger partial charge >= 0.3 is 0 Å². The molecule has 0 radical (unpaired) electrons. The van der Waals surface area contributed by atoms with E-state index >= 15 is 0 Å². The number of carbonyl (C=O) groups excluding carboxylic acids is 1. The third-order valence-corrected chi connectivity index (χ3v) is 1.16. The van der Waals surface area contributed by atoms with E-state index in [4.69, 9.17) is 11.6 Å². The van der Waals surface area contributed by atoms with Crippen molar-refractivity contribution in [3.8, 4) is 0 Å². The smallest absolute Gasteiger partial charge is 0.250 e. The molecule has 0 spiro atoms. The van der Waals surface area contributed by atoms with Gasteiger partial charge in [0.1, 0.15) is 0 Å². The molecule has 58 valence electrons. The number of hydrogen-bond donors (Lipinski definition) is 3. The van der Waals surface area contributed by atoms with Gasteiger partial charge in [-0.1, -0.05) is 6.08 Å². The Labute approximate surface area is 60.2 Å². The van der Waals surface area contributed by atoms with E-state index < -0.39 is 6.04 Å². The first-order valence-corrected chi connectivity index (χ1v) is 3.09. The molecule has 0 rings (SSSR count). The number of hydrazine groups is 1. The van der Waals surface area contributed by atoms with Gasteiger partial charge in [0.25, 0.3) is 5.91 Å². The monoisotopic (exact) mass is 143 g/mol. The second-order valence-electron chi connectivity index (χ2n) is 1.98. The van der Waals surface area contributed by atoms with Gasteiger partial charge in [-0.25, -0.2) is 5.84 Å². The molecule has 1 atom stereocenters. The van der Waals surface area contributed by atoms with Gasteiger partial charge in [0.05, 0.1) is 6.04 Å². The van der Waals surface area contributed by atoms with Crippen molar-refractivity contribution in [3.63, 3.8) is 0 Å². The predicted molar refractivity (Wildman–Crippen MR) is 39.7 cm³/mol. The van der Waals surface area contributed by atoms with Gasteiger partial charge in [-0.15, -0.1) is 6.58 Å². The third kappa shape index (κ3) is 3.21. The van der Waals surface area contributed by atoms with Crippen molar-refractivity contribution in [2.45, 2.75) is 18.9 Å². The molecule has 1 amide bonds. The molecule has 10 heavy (non-hydrogen) atoms.